The van der Waals surface area contributed by atoms with Crippen LogP contribution in [0.4, 0.5) is 23.3 Å². The number of rotatable bonds is 24. The van der Waals surface area contributed by atoms with Gasteiger partial charge in [-0.3, -0.25) is 20.8 Å². The molecule has 0 spiro atoms. The molecule has 16 aromatic rings. The Labute approximate surface area is 691 Å². The molecule has 12 aromatic heterocycles. The molecule has 0 bridgehead atoms. The van der Waals surface area contributed by atoms with E-state index < -0.39 is 0 Å². The van der Waals surface area contributed by atoms with Crippen molar-refractivity contribution in [1.29, 1.82) is 0 Å². The maximum atomic E-state index is 10.2. The van der Waals surface area contributed by atoms with E-state index in [-0.39, 0.29) is 5.88 Å². The first-order valence-electron chi connectivity index (χ1n) is 35.4. The van der Waals surface area contributed by atoms with Gasteiger partial charge < -0.3 is 45.1 Å². The van der Waals surface area contributed by atoms with Crippen molar-refractivity contribution < 1.29 is 58.7 Å². The van der Waals surface area contributed by atoms with E-state index in [2.05, 4.69) is 105 Å². The normalized spacial score (nSPS) is 11.0. The summed E-state index contributed by atoms with van der Waals surface area (Å²) in [5, 5.41) is 71.5. The van der Waals surface area contributed by atoms with E-state index in [1.807, 2.05) is 190 Å². The molecule has 0 saturated carbocycles. The number of nitrogens with one attached hydrogen (secondary N) is 4. The average Bonchev–Trinajstić information content (AvgIpc) is 1.62. The van der Waals surface area contributed by atoms with Gasteiger partial charge in [-0.1, -0.05) is 133 Å². The van der Waals surface area contributed by atoms with Crippen LogP contribution in [-0.2, 0) is 26.2 Å². The Morgan fingerprint density at radius 3 is 0.991 bits per heavy atom. The molecule has 12 heterocycles. The van der Waals surface area contributed by atoms with Crippen LogP contribution in [0, 0.1) is 0 Å². The smallest absolute Gasteiger partial charge is 0.435 e. The second kappa shape index (κ2) is 37.4. The van der Waals surface area contributed by atoms with E-state index in [0.29, 0.717) is 67.7 Å². The fourth-order valence-electron chi connectivity index (χ4n) is 11.7. The summed E-state index contributed by atoms with van der Waals surface area (Å²) in [4.78, 5) is 20.9. The topological polar surface area (TPSA) is 305 Å². The number of aromatic nitrogens is 16. The number of hydrogen-bond acceptors (Lipinski definition) is 21. The highest BCUT2D eigenvalue weighted by molar-refractivity contribution is 9.11. The third-order valence-electron chi connectivity index (χ3n) is 17.2. The molecule has 580 valence electrons. The maximum Gasteiger partial charge on any atom is 0.435 e. The molecule has 34 heteroatoms. The van der Waals surface area contributed by atoms with Crippen LogP contribution in [0.25, 0.3) is 67.6 Å². The van der Waals surface area contributed by atoms with Crippen molar-refractivity contribution in [1.82, 2.24) is 63.3 Å². The average molecular weight is 1810 g/mol. The van der Waals surface area contributed by atoms with E-state index in [4.69, 9.17) is 50.5 Å². The lowest BCUT2D eigenvalue weighted by atomic mass is 10.1. The van der Waals surface area contributed by atoms with Crippen LogP contribution in [0.2, 0.25) is 5.02 Å². The lowest BCUT2D eigenvalue weighted by Crippen LogP contribution is -2.34. The maximum absolute atomic E-state index is 10.2. The number of benzene rings is 4. The van der Waals surface area contributed by atoms with Gasteiger partial charge in [0.2, 0.25) is 24.8 Å². The molecule has 0 atom stereocenters. The second-order valence-electron chi connectivity index (χ2n) is 25.4. The molecule has 114 heavy (non-hydrogen) atoms. The van der Waals surface area contributed by atoms with Gasteiger partial charge in [-0.15, -0.1) is 0 Å². The van der Waals surface area contributed by atoms with Crippen molar-refractivity contribution in [2.75, 3.05) is 69.3 Å². The molecule has 0 amide bonds. The summed E-state index contributed by atoms with van der Waals surface area (Å²) in [6, 6.07) is 60.4. The number of methoxy groups -OCH3 is 2. The molecule has 0 fully saturated rings. The third kappa shape index (κ3) is 19.4. The molecule has 16 rings (SSSR count). The molecular formula is C80H76Br4ClN21O8+4. The summed E-state index contributed by atoms with van der Waals surface area (Å²) in [7, 11) is 6.90. The minimum absolute atomic E-state index is 0.180. The van der Waals surface area contributed by atoms with Crippen LogP contribution in [0.1, 0.15) is 29.2 Å². The number of ether oxygens (including phenoxy) is 4. The van der Waals surface area contributed by atoms with Crippen LogP contribution in [0.15, 0.2) is 256 Å². The Kier molecular flexibility index (Phi) is 26.2. The van der Waals surface area contributed by atoms with E-state index in [9.17, 15) is 20.8 Å². The van der Waals surface area contributed by atoms with Crippen molar-refractivity contribution in [3.05, 3.63) is 283 Å². The van der Waals surface area contributed by atoms with Gasteiger partial charge in [-0.2, -0.15) is 38.5 Å². The largest absolute Gasteiger partial charge is 0.445 e. The molecule has 0 radical (unpaired) electrons. The van der Waals surface area contributed by atoms with Crippen molar-refractivity contribution in [3.63, 3.8) is 0 Å². The summed E-state index contributed by atoms with van der Waals surface area (Å²) in [6.07, 6.45) is 13.3. The Morgan fingerprint density at radius 1 is 0.395 bits per heavy atom. The van der Waals surface area contributed by atoms with Crippen molar-refractivity contribution in [3.8, 4) is 68.5 Å². The van der Waals surface area contributed by atoms with Crippen LogP contribution in [0.3, 0.4) is 0 Å². The fraction of sp³-hybridized carbons (Fsp3) is 0.150. The fourth-order valence-corrected chi connectivity index (χ4v) is 13.4. The standard InChI is InChI=1S/C22H24BrN6O2.C20H19BrN5O2.C19H16BrClN5O2.C19H17BrN5O2/c1-27(2)10-11-31-21-9-8-16(15-28(21)30)13-24-20-12-19(17-6-4-3-5-7-17)26-22-18(23)14-25-29(20)22;1-2-28-19-9-8-14(13-25(19)27)11-22-18-10-17(15-6-4-3-5-7-15)24-20-16(21)12-23-26(18)20;1-28-19-15(21)7-12(11-25(19)27)9-22-17-8-16(13-5-3-2-4-6-13)24-18-14(20)10-23-26(17)18;1-27-18-8-7-13(12-24(18)26)10-21-17-9-16(14-5-3-2-4-6-14)23-19-15(20)11-22-25(17)19/h3-9,12,14-15,24,30H,10-11,13H2,1-2H3;3-10,12-13,22,27H,2,11H2,1H3;2-8,10-11,22,27H,9H2,1H3;2-9,11-12,21,26H,10H2,1H3/q4*+1. The van der Waals surface area contributed by atoms with E-state index in [1.54, 1.807) is 85.7 Å². The third-order valence-corrected chi connectivity index (χ3v) is 19.8. The molecule has 0 aliphatic rings. The first kappa shape index (κ1) is 79.8. The molecule has 29 nitrogen and oxygen atoms in total. The molecule has 0 aliphatic heterocycles. The summed E-state index contributed by atoms with van der Waals surface area (Å²) in [5.74, 6) is 4.50. The highest BCUT2D eigenvalue weighted by Crippen LogP contribution is 2.32. The van der Waals surface area contributed by atoms with Gasteiger partial charge in [-0.05, 0) is 109 Å². The molecule has 0 unspecified atom stereocenters. The Bertz CT molecular complexity index is 5970. The predicted molar refractivity (Wildman–Crippen MR) is 442 cm³/mol. The highest BCUT2D eigenvalue weighted by Gasteiger charge is 2.22. The summed E-state index contributed by atoms with van der Waals surface area (Å²) in [6.45, 7) is 5.52. The van der Waals surface area contributed by atoms with Crippen molar-refractivity contribution >= 4 is 121 Å². The zero-order valence-corrected chi connectivity index (χ0v) is 69.0. The van der Waals surface area contributed by atoms with Gasteiger partial charge in [-0.25, -0.2) is 19.9 Å². The zero-order chi connectivity index (χ0) is 79.8. The molecule has 4 aromatic carbocycles. The minimum Gasteiger partial charge on any atom is -0.445 e. The number of pyridine rings is 4. The first-order valence-corrected chi connectivity index (χ1v) is 38.9. The number of halogens is 5. The summed E-state index contributed by atoms with van der Waals surface area (Å²) >= 11 is 20.2. The minimum atomic E-state index is 0.180. The SMILES string of the molecule is CCOc1ccc(CNc2cc(-c3ccccc3)nc3c(Br)cnn23)c[n+]1O.CN(C)CCOc1ccc(CNc2cc(-c3ccccc3)nc3c(Br)cnn23)c[n+]1O.COc1c(Cl)cc(CNc2cc(-c3ccccc3)nc3c(Br)cnn23)c[n+]1O.COc1ccc(CNc2cc(-c3ccccc3)nc3c(Br)cnn23)c[n+]1O. The number of hydrogen-bond donors (Lipinski definition) is 8. The Hall–Kier alpha value is -12.3. The van der Waals surface area contributed by atoms with E-state index in [0.717, 1.165) is 151 Å². The van der Waals surface area contributed by atoms with Crippen LogP contribution < -0.4 is 59.1 Å². The summed E-state index contributed by atoms with van der Waals surface area (Å²) in [5.41, 5.74) is 13.8. The second-order valence-corrected chi connectivity index (χ2v) is 29.2. The Morgan fingerprint density at radius 2 is 0.702 bits per heavy atom. The first-order chi connectivity index (χ1) is 55.4. The summed E-state index contributed by atoms with van der Waals surface area (Å²) < 4.78 is 35.1. The van der Waals surface area contributed by atoms with Gasteiger partial charge in [0, 0.05) is 120 Å². The molecule has 0 aliphatic carbocycles. The van der Waals surface area contributed by atoms with Crippen molar-refractivity contribution in [2.45, 2.75) is 33.1 Å². The number of nitrogens with zero attached hydrogens (tertiary/aromatic N) is 17. The number of anilines is 4. The molecule has 8 N–H and O–H groups in total. The highest BCUT2D eigenvalue weighted by atomic mass is 79.9. The van der Waals surface area contributed by atoms with Gasteiger partial charge in [0.1, 0.15) is 29.9 Å². The van der Waals surface area contributed by atoms with Crippen LogP contribution in [-0.4, -0.2) is 132 Å². The van der Waals surface area contributed by atoms with Gasteiger partial charge in [0.25, 0.3) is 0 Å². The van der Waals surface area contributed by atoms with E-state index in [1.165, 1.54) is 20.4 Å². The Balaban J connectivity index is 0.000000133. The van der Waals surface area contributed by atoms with Crippen LogP contribution >= 0.6 is 75.3 Å². The monoisotopic (exact) mass is 1810 g/mol. The van der Waals surface area contributed by atoms with Gasteiger partial charge >= 0.3 is 23.5 Å². The van der Waals surface area contributed by atoms with Gasteiger partial charge in [0.05, 0.1) is 104 Å². The van der Waals surface area contributed by atoms with Gasteiger partial charge in [0.15, 0.2) is 27.6 Å². The zero-order valence-electron chi connectivity index (χ0n) is 61.9. The molecule has 0 saturated heterocycles. The van der Waals surface area contributed by atoms with E-state index >= 15 is 0 Å². The number of fused-ring (bicyclic) bond motifs is 4. The van der Waals surface area contributed by atoms with Crippen LogP contribution in [0.5, 0.6) is 23.5 Å². The lowest BCUT2D eigenvalue weighted by Gasteiger charge is -2.11. The predicted octanol–water partition coefficient (Wildman–Crippen LogP) is 14.2. The quantitative estimate of drug-likeness (QED) is 0.0206. The lowest BCUT2D eigenvalue weighted by molar-refractivity contribution is -0.906. The van der Waals surface area contributed by atoms with Crippen molar-refractivity contribution in [2.24, 2.45) is 0 Å². The number of likely N-dealkylation sites (N-methyl/N-ethyl adjacent to an activating group) is 1. The molecular weight excluding hydrogens is 1740 g/mol.